The Hall–Kier alpha value is -7.04. The molecule has 348 valence electrons. The number of fused-ring (bicyclic) bond motifs is 12. The highest BCUT2D eigenvalue weighted by molar-refractivity contribution is 6.28. The molecule has 13 rings (SSSR count). The topological polar surface area (TPSA) is 15.3 Å². The molecule has 4 heteroatoms. The average molecular weight is 913 g/mol. The molecule has 3 unspecified atom stereocenters. The van der Waals surface area contributed by atoms with Crippen molar-refractivity contribution in [1.82, 2.24) is 8.80 Å². The minimum Gasteiger partial charge on any atom is -0.337 e. The smallest absolute Gasteiger partial charge is 0.0641 e. The Morgan fingerprint density at radius 3 is 1.81 bits per heavy atom. The lowest BCUT2D eigenvalue weighted by molar-refractivity contribution is 0.518. The first-order valence-electron chi connectivity index (χ1n) is 25.8. The van der Waals surface area contributed by atoms with Gasteiger partial charge in [-0.1, -0.05) is 85.2 Å². The Balaban J connectivity index is 1.11. The third-order valence-electron chi connectivity index (χ3n) is 18.1. The zero-order valence-electron chi connectivity index (χ0n) is 43.1. The molecular formula is C66H64N4. The molecule has 0 bridgehead atoms. The van der Waals surface area contributed by atoms with Gasteiger partial charge in [-0.15, -0.1) is 0 Å². The van der Waals surface area contributed by atoms with Crippen LogP contribution in [0.15, 0.2) is 143 Å². The molecular weight excluding hydrogens is 849 g/mol. The molecule has 0 saturated heterocycles. The number of benzene rings is 6. The lowest BCUT2D eigenvalue weighted by Gasteiger charge is -2.38. The lowest BCUT2D eigenvalue weighted by Crippen LogP contribution is -2.38. The first kappa shape index (κ1) is 43.0. The molecule has 0 amide bonds. The second-order valence-corrected chi connectivity index (χ2v) is 21.9. The van der Waals surface area contributed by atoms with Gasteiger partial charge in [-0.25, -0.2) is 0 Å². The van der Waals surface area contributed by atoms with E-state index in [1.807, 2.05) is 0 Å². The SMILES string of the molecule is CC1=CC(N(C2=c3c4ccccc4n4c3c(c3cc5c(cc34)c3ccc(N(C4=CC(C)C(C)C(C)=C4)c4cc(C)c(C)c(C)c4)c4c6ccccc6n5c34)CC2)c2cc(C)c(C)c(C)c2)CC(C)=C1C. The van der Waals surface area contributed by atoms with E-state index in [4.69, 9.17) is 0 Å². The molecule has 4 nitrogen and oxygen atoms in total. The summed E-state index contributed by atoms with van der Waals surface area (Å²) in [5.74, 6) is 0.924. The molecule has 6 aromatic carbocycles. The maximum atomic E-state index is 2.75. The van der Waals surface area contributed by atoms with Crippen molar-refractivity contribution in [2.75, 3.05) is 9.80 Å². The van der Waals surface area contributed by atoms with Crippen LogP contribution in [0.3, 0.4) is 0 Å². The standard InChI is InChI=1S/C66H64N4/c1-35-25-47(26-36(2)43(35)9)67(48-27-37(3)44(10)38(4)28-48)59-23-21-51-55-33-62-56(34-61(55)69-57-19-15-13-17-53(57)63(59)65(51)69)52-22-24-60(64-54-18-14-16-20-58(54)70(62)66(52)64)68(49-29-39(5)45(11)40(6)30-49)50-31-41(7)46(12)42(8)32-50/h13-21,23,25-31,33-35,43,50H,22,24,32H2,1-12H3. The summed E-state index contributed by atoms with van der Waals surface area (Å²) in [6.07, 6.45) is 10.5. The molecule has 0 aliphatic heterocycles. The number of anilines is 3. The highest BCUT2D eigenvalue weighted by Gasteiger charge is 2.33. The van der Waals surface area contributed by atoms with Crippen LogP contribution in [-0.4, -0.2) is 14.8 Å². The van der Waals surface area contributed by atoms with Crippen LogP contribution in [0.4, 0.5) is 17.1 Å². The van der Waals surface area contributed by atoms with Crippen LogP contribution in [-0.2, 0) is 6.42 Å². The van der Waals surface area contributed by atoms with E-state index in [2.05, 4.69) is 217 Å². The molecule has 0 radical (unpaired) electrons. The van der Waals surface area contributed by atoms with E-state index in [0.717, 1.165) is 19.3 Å². The van der Waals surface area contributed by atoms with E-state index in [-0.39, 0.29) is 6.04 Å². The molecule has 0 saturated carbocycles. The highest BCUT2D eigenvalue weighted by atomic mass is 15.2. The van der Waals surface area contributed by atoms with Crippen molar-refractivity contribution in [2.24, 2.45) is 11.8 Å². The zero-order valence-corrected chi connectivity index (χ0v) is 43.1. The van der Waals surface area contributed by atoms with E-state index in [0.29, 0.717) is 11.8 Å². The first-order valence-corrected chi connectivity index (χ1v) is 25.8. The molecule has 10 aromatic rings. The number of aryl methyl sites for hydroxylation is 5. The van der Waals surface area contributed by atoms with Crippen LogP contribution in [0.25, 0.3) is 71.1 Å². The summed E-state index contributed by atoms with van der Waals surface area (Å²) < 4.78 is 5.25. The highest BCUT2D eigenvalue weighted by Crippen LogP contribution is 2.49. The summed E-state index contributed by atoms with van der Waals surface area (Å²) in [6.45, 7) is 27.6. The van der Waals surface area contributed by atoms with Gasteiger partial charge in [0.1, 0.15) is 0 Å². The number of nitrogens with zero attached hydrogens (tertiary/aromatic N) is 4. The fraction of sp³-hybridized carbons (Fsp3) is 0.273. The predicted molar refractivity (Wildman–Crippen MR) is 301 cm³/mol. The maximum Gasteiger partial charge on any atom is 0.0641 e. The van der Waals surface area contributed by atoms with Gasteiger partial charge in [0.25, 0.3) is 0 Å². The van der Waals surface area contributed by atoms with E-state index in [1.165, 1.54) is 160 Å². The largest absolute Gasteiger partial charge is 0.337 e. The third kappa shape index (κ3) is 5.89. The molecule has 3 aliphatic carbocycles. The van der Waals surface area contributed by atoms with Crippen LogP contribution in [0, 0.1) is 53.4 Å². The summed E-state index contributed by atoms with van der Waals surface area (Å²) in [5.41, 5.74) is 29.6. The zero-order chi connectivity index (χ0) is 48.3. The van der Waals surface area contributed by atoms with Gasteiger partial charge in [0.15, 0.2) is 0 Å². The van der Waals surface area contributed by atoms with Gasteiger partial charge in [-0.3, -0.25) is 0 Å². The van der Waals surface area contributed by atoms with Crippen molar-refractivity contribution in [2.45, 2.75) is 108 Å². The number of hydrogen-bond donors (Lipinski definition) is 0. The first-order chi connectivity index (χ1) is 33.7. The van der Waals surface area contributed by atoms with E-state index < -0.39 is 0 Å². The van der Waals surface area contributed by atoms with Crippen LogP contribution in [0.1, 0.15) is 93.3 Å². The average Bonchev–Trinajstić information content (AvgIpc) is 4.07. The molecule has 0 fully saturated rings. The Morgan fingerprint density at radius 1 is 0.543 bits per heavy atom. The number of allylic oxidation sites excluding steroid dienone is 5. The number of rotatable bonds is 6. The molecule has 70 heavy (non-hydrogen) atoms. The van der Waals surface area contributed by atoms with Crippen molar-refractivity contribution >= 4 is 88.2 Å². The summed E-state index contributed by atoms with van der Waals surface area (Å²) in [7, 11) is 0. The second-order valence-electron chi connectivity index (χ2n) is 21.9. The van der Waals surface area contributed by atoms with Crippen LogP contribution < -0.4 is 15.0 Å². The van der Waals surface area contributed by atoms with Crippen molar-refractivity contribution in [1.29, 1.82) is 0 Å². The fourth-order valence-corrected chi connectivity index (χ4v) is 13.3. The lowest BCUT2D eigenvalue weighted by atomic mass is 9.84. The molecule has 4 heterocycles. The van der Waals surface area contributed by atoms with Gasteiger partial charge in [0.2, 0.25) is 0 Å². The summed E-state index contributed by atoms with van der Waals surface area (Å²) >= 11 is 0. The molecule has 0 N–H and O–H groups in total. The van der Waals surface area contributed by atoms with E-state index >= 15 is 0 Å². The second kappa shape index (κ2) is 15.2. The van der Waals surface area contributed by atoms with E-state index in [1.54, 1.807) is 0 Å². The quantitative estimate of drug-likeness (QED) is 0.165. The van der Waals surface area contributed by atoms with Crippen molar-refractivity contribution in [3.63, 3.8) is 0 Å². The minimum atomic E-state index is 0.228. The Bertz CT molecular complexity index is 4090. The minimum absolute atomic E-state index is 0.228. The number of aromatic nitrogens is 2. The van der Waals surface area contributed by atoms with Gasteiger partial charge in [-0.2, -0.15) is 0 Å². The Morgan fingerprint density at radius 2 is 1.14 bits per heavy atom. The van der Waals surface area contributed by atoms with Crippen molar-refractivity contribution in [3.05, 3.63) is 187 Å². The van der Waals surface area contributed by atoms with Crippen LogP contribution in [0.2, 0.25) is 0 Å². The Kier molecular flexibility index (Phi) is 9.36. The van der Waals surface area contributed by atoms with Gasteiger partial charge in [-0.05, 0) is 206 Å². The van der Waals surface area contributed by atoms with Gasteiger partial charge in [0.05, 0.1) is 44.8 Å². The molecule has 4 aromatic heterocycles. The van der Waals surface area contributed by atoms with Crippen LogP contribution >= 0.6 is 0 Å². The summed E-state index contributed by atoms with van der Waals surface area (Å²) in [6, 6.07) is 38.3. The summed E-state index contributed by atoms with van der Waals surface area (Å²) in [4.78, 5) is 5.32. The van der Waals surface area contributed by atoms with Crippen molar-refractivity contribution in [3.8, 4) is 0 Å². The number of para-hydroxylation sites is 2. The number of hydrogen-bond acceptors (Lipinski definition) is 2. The van der Waals surface area contributed by atoms with Crippen LogP contribution in [0.5, 0.6) is 0 Å². The predicted octanol–water partition coefficient (Wildman–Crippen LogP) is 16.8. The maximum absolute atomic E-state index is 2.75. The van der Waals surface area contributed by atoms with E-state index in [9.17, 15) is 0 Å². The van der Waals surface area contributed by atoms with Gasteiger partial charge in [0, 0.05) is 60.3 Å². The monoisotopic (exact) mass is 913 g/mol. The van der Waals surface area contributed by atoms with Gasteiger partial charge >= 0.3 is 0 Å². The summed E-state index contributed by atoms with van der Waals surface area (Å²) in [5, 5.41) is 9.34. The fourth-order valence-electron chi connectivity index (χ4n) is 13.3. The molecule has 0 spiro atoms. The molecule has 3 atom stereocenters. The third-order valence-corrected chi connectivity index (χ3v) is 18.1. The van der Waals surface area contributed by atoms with Crippen molar-refractivity contribution < 1.29 is 0 Å². The normalized spacial score (nSPS) is 18.7. The Labute approximate surface area is 412 Å². The molecule has 3 aliphatic rings. The van der Waals surface area contributed by atoms with Gasteiger partial charge < -0.3 is 18.6 Å².